The zero-order valence-electron chi connectivity index (χ0n) is 9.53. The lowest BCUT2D eigenvalue weighted by Crippen LogP contribution is -2.27. The molecule has 1 aromatic heterocycles. The van der Waals surface area contributed by atoms with E-state index in [9.17, 15) is 13.2 Å². The molecule has 1 amide bonds. The van der Waals surface area contributed by atoms with Gasteiger partial charge in [-0.05, 0) is 40.0 Å². The molecular weight excluding hydrogens is 308 g/mol. The molecule has 1 N–H and O–H groups in total. The van der Waals surface area contributed by atoms with Crippen LogP contribution < -0.4 is 5.32 Å². The fraction of sp³-hybridized carbons (Fsp3) is 0.400. The third kappa shape index (κ3) is 4.43. The first-order chi connectivity index (χ1) is 7.84. The minimum absolute atomic E-state index is 0.174. The summed E-state index contributed by atoms with van der Waals surface area (Å²) in [5.41, 5.74) is 1.43. The van der Waals surface area contributed by atoms with Crippen LogP contribution in [0.4, 0.5) is 0 Å². The highest BCUT2D eigenvalue weighted by Gasteiger charge is 2.17. The molecule has 0 saturated heterocycles. The third-order valence-electron chi connectivity index (χ3n) is 2.19. The van der Waals surface area contributed by atoms with E-state index >= 15 is 0 Å². The molecule has 0 atom stereocenters. The number of aryl methyl sites for hydroxylation is 1. The zero-order chi connectivity index (χ0) is 13.1. The van der Waals surface area contributed by atoms with Gasteiger partial charge in [-0.3, -0.25) is 4.79 Å². The van der Waals surface area contributed by atoms with Gasteiger partial charge in [0, 0.05) is 13.2 Å². The minimum atomic E-state index is -3.45. The van der Waals surface area contributed by atoms with E-state index in [-0.39, 0.29) is 5.75 Å². The number of hydrogen-bond donors (Lipinski definition) is 1. The monoisotopic (exact) mass is 320 g/mol. The summed E-state index contributed by atoms with van der Waals surface area (Å²) < 4.78 is 24.1. The molecular formula is C10H13BrN2O3S. The number of carbonyl (C=O) groups is 1. The lowest BCUT2D eigenvalue weighted by Gasteiger charge is -2.06. The fourth-order valence-electron chi connectivity index (χ4n) is 1.26. The van der Waals surface area contributed by atoms with E-state index in [0.717, 1.165) is 5.56 Å². The van der Waals surface area contributed by atoms with Crippen molar-refractivity contribution in [3.63, 3.8) is 0 Å². The third-order valence-corrected chi connectivity index (χ3v) is 4.08. The Bertz CT molecular complexity index is 528. The van der Waals surface area contributed by atoms with Crippen molar-refractivity contribution in [2.24, 2.45) is 0 Å². The van der Waals surface area contributed by atoms with Crippen molar-refractivity contribution >= 4 is 31.7 Å². The van der Waals surface area contributed by atoms with Gasteiger partial charge in [0.15, 0.2) is 9.84 Å². The molecule has 0 aliphatic rings. The molecule has 0 bridgehead atoms. The maximum atomic E-state index is 11.7. The van der Waals surface area contributed by atoms with Crippen molar-refractivity contribution in [2.75, 3.05) is 12.8 Å². The second-order valence-corrected chi connectivity index (χ2v) is 6.52. The first-order valence-electron chi connectivity index (χ1n) is 4.86. The van der Waals surface area contributed by atoms with Crippen LogP contribution in [0, 0.1) is 6.92 Å². The van der Waals surface area contributed by atoms with E-state index in [1.807, 2.05) is 0 Å². The van der Waals surface area contributed by atoms with Gasteiger partial charge in [-0.1, -0.05) is 0 Å². The van der Waals surface area contributed by atoms with Crippen molar-refractivity contribution in [2.45, 2.75) is 12.7 Å². The quantitative estimate of drug-likeness (QED) is 0.833. The van der Waals surface area contributed by atoms with Crippen LogP contribution in [-0.4, -0.2) is 32.1 Å². The molecule has 7 heteroatoms. The van der Waals surface area contributed by atoms with Gasteiger partial charge in [0.1, 0.15) is 10.4 Å². The molecule has 0 aliphatic carbocycles. The van der Waals surface area contributed by atoms with Gasteiger partial charge in [0.2, 0.25) is 5.91 Å². The highest BCUT2D eigenvalue weighted by molar-refractivity contribution is 9.10. The summed E-state index contributed by atoms with van der Waals surface area (Å²) in [6.45, 7) is 1.80. The SMILES string of the molecule is CNC(=O)CS(=O)(=O)Cc1cnc(Br)cc1C. The minimum Gasteiger partial charge on any atom is -0.358 e. The fourth-order valence-corrected chi connectivity index (χ4v) is 3.13. The number of amides is 1. The van der Waals surface area contributed by atoms with Crippen LogP contribution in [0.1, 0.15) is 11.1 Å². The number of nitrogens with zero attached hydrogens (tertiary/aromatic N) is 1. The summed E-state index contributed by atoms with van der Waals surface area (Å²) >= 11 is 3.20. The molecule has 1 rings (SSSR count). The first-order valence-corrected chi connectivity index (χ1v) is 7.47. The zero-order valence-corrected chi connectivity index (χ0v) is 11.9. The van der Waals surface area contributed by atoms with Gasteiger partial charge in [0.05, 0.1) is 5.75 Å². The molecule has 0 saturated carbocycles. The van der Waals surface area contributed by atoms with Crippen LogP contribution >= 0.6 is 15.9 Å². The smallest absolute Gasteiger partial charge is 0.234 e. The Labute approximate surface area is 109 Å². The lowest BCUT2D eigenvalue weighted by atomic mass is 10.2. The van der Waals surface area contributed by atoms with Crippen molar-refractivity contribution in [1.29, 1.82) is 0 Å². The number of pyridine rings is 1. The summed E-state index contributed by atoms with van der Waals surface area (Å²) in [5, 5.41) is 2.29. The second kappa shape index (κ2) is 5.59. The summed E-state index contributed by atoms with van der Waals surface area (Å²) in [6, 6.07) is 1.74. The highest BCUT2D eigenvalue weighted by Crippen LogP contribution is 2.15. The molecule has 0 radical (unpaired) electrons. The molecule has 0 spiro atoms. The van der Waals surface area contributed by atoms with E-state index in [1.165, 1.54) is 13.2 Å². The normalized spacial score (nSPS) is 11.2. The van der Waals surface area contributed by atoms with Crippen molar-refractivity contribution in [1.82, 2.24) is 10.3 Å². The summed E-state index contributed by atoms with van der Waals surface area (Å²) in [4.78, 5) is 15.0. The molecule has 1 aromatic rings. The topological polar surface area (TPSA) is 76.1 Å². The summed E-state index contributed by atoms with van der Waals surface area (Å²) in [6.07, 6.45) is 1.50. The van der Waals surface area contributed by atoms with Crippen LogP contribution in [0.25, 0.3) is 0 Å². The number of aromatic nitrogens is 1. The molecule has 0 aromatic carbocycles. The summed E-state index contributed by atoms with van der Waals surface area (Å²) in [5.74, 6) is -1.18. The molecule has 94 valence electrons. The number of halogens is 1. The first kappa shape index (κ1) is 14.1. The Morgan fingerprint density at radius 1 is 1.53 bits per heavy atom. The number of nitrogens with one attached hydrogen (secondary N) is 1. The molecule has 0 aliphatic heterocycles. The number of hydrogen-bond acceptors (Lipinski definition) is 4. The van der Waals surface area contributed by atoms with Crippen molar-refractivity contribution in [3.05, 3.63) is 28.0 Å². The largest absolute Gasteiger partial charge is 0.358 e. The van der Waals surface area contributed by atoms with E-state index in [2.05, 4.69) is 26.2 Å². The van der Waals surface area contributed by atoms with E-state index in [0.29, 0.717) is 10.2 Å². The van der Waals surface area contributed by atoms with Gasteiger partial charge in [0.25, 0.3) is 0 Å². The average molecular weight is 321 g/mol. The van der Waals surface area contributed by atoms with Gasteiger partial charge >= 0.3 is 0 Å². The van der Waals surface area contributed by atoms with E-state index < -0.39 is 21.5 Å². The molecule has 0 fully saturated rings. The van der Waals surface area contributed by atoms with Crippen molar-refractivity contribution in [3.8, 4) is 0 Å². The maximum absolute atomic E-state index is 11.7. The number of sulfone groups is 1. The van der Waals surface area contributed by atoms with E-state index in [1.54, 1.807) is 13.0 Å². The predicted molar refractivity (Wildman–Crippen MR) is 68.2 cm³/mol. The second-order valence-electron chi connectivity index (χ2n) is 3.64. The Kier molecular flexibility index (Phi) is 4.64. The van der Waals surface area contributed by atoms with Crippen LogP contribution in [0.3, 0.4) is 0 Å². The number of rotatable bonds is 4. The molecule has 0 unspecified atom stereocenters. The molecule has 5 nitrogen and oxygen atoms in total. The van der Waals surface area contributed by atoms with Crippen LogP contribution in [0.15, 0.2) is 16.9 Å². The predicted octanol–water partition coefficient (Wildman–Crippen LogP) is 0.813. The van der Waals surface area contributed by atoms with Gasteiger partial charge < -0.3 is 5.32 Å². The van der Waals surface area contributed by atoms with Gasteiger partial charge in [-0.2, -0.15) is 0 Å². The Morgan fingerprint density at radius 2 is 2.18 bits per heavy atom. The Morgan fingerprint density at radius 3 is 2.71 bits per heavy atom. The van der Waals surface area contributed by atoms with Crippen molar-refractivity contribution < 1.29 is 13.2 Å². The maximum Gasteiger partial charge on any atom is 0.234 e. The number of carbonyl (C=O) groups excluding carboxylic acids is 1. The van der Waals surface area contributed by atoms with Crippen LogP contribution in [0.5, 0.6) is 0 Å². The highest BCUT2D eigenvalue weighted by atomic mass is 79.9. The van der Waals surface area contributed by atoms with Crippen LogP contribution in [0.2, 0.25) is 0 Å². The Balaban J connectivity index is 2.87. The molecule has 1 heterocycles. The van der Waals surface area contributed by atoms with Gasteiger partial charge in [-0.15, -0.1) is 0 Å². The van der Waals surface area contributed by atoms with E-state index in [4.69, 9.17) is 0 Å². The van der Waals surface area contributed by atoms with Crippen LogP contribution in [-0.2, 0) is 20.4 Å². The summed E-state index contributed by atoms with van der Waals surface area (Å²) in [7, 11) is -2.04. The standard InChI is InChI=1S/C10H13BrN2O3S/c1-7-3-9(11)13-4-8(7)5-17(15,16)6-10(14)12-2/h3-4H,5-6H2,1-2H3,(H,12,14). The molecule has 17 heavy (non-hydrogen) atoms. The van der Waals surface area contributed by atoms with Gasteiger partial charge in [-0.25, -0.2) is 13.4 Å². The average Bonchev–Trinajstić information content (AvgIpc) is 2.21. The lowest BCUT2D eigenvalue weighted by molar-refractivity contribution is -0.118. The Hall–Kier alpha value is -0.950.